The normalized spacial score (nSPS) is 26.9. The SMILES string of the molecule is FC(F)C(F)(F)Oc1ccc(CN2C[C@@H]3[C@H](COCCCN4CCCCC4)[C@@H]3C2)cc1. The maximum Gasteiger partial charge on any atom is 0.461 e. The number of hydrogen-bond donors (Lipinski definition) is 0. The van der Waals surface area contributed by atoms with Crippen LogP contribution in [-0.4, -0.2) is 68.3 Å². The molecular weight excluding hydrogens is 412 g/mol. The van der Waals surface area contributed by atoms with Crippen LogP contribution in [0.4, 0.5) is 17.6 Å². The molecule has 1 aliphatic carbocycles. The Morgan fingerprint density at radius 3 is 2.29 bits per heavy atom. The smallest absolute Gasteiger partial charge is 0.428 e. The van der Waals surface area contributed by atoms with Gasteiger partial charge >= 0.3 is 12.5 Å². The van der Waals surface area contributed by atoms with E-state index in [1.165, 1.54) is 44.5 Å². The summed E-state index contributed by atoms with van der Waals surface area (Å²) < 4.78 is 60.4. The first-order valence-corrected chi connectivity index (χ1v) is 11.4. The van der Waals surface area contributed by atoms with Gasteiger partial charge in [-0.2, -0.15) is 17.6 Å². The lowest BCUT2D eigenvalue weighted by molar-refractivity contribution is -0.253. The van der Waals surface area contributed by atoms with Crippen LogP contribution >= 0.6 is 0 Å². The van der Waals surface area contributed by atoms with E-state index in [2.05, 4.69) is 14.5 Å². The van der Waals surface area contributed by atoms with Gasteiger partial charge in [-0.3, -0.25) is 4.90 Å². The maximum atomic E-state index is 13.0. The van der Waals surface area contributed by atoms with Crippen LogP contribution < -0.4 is 4.74 Å². The lowest BCUT2D eigenvalue weighted by Crippen LogP contribution is -2.33. The van der Waals surface area contributed by atoms with Gasteiger partial charge in [0.25, 0.3) is 0 Å². The van der Waals surface area contributed by atoms with E-state index in [0.717, 1.165) is 51.4 Å². The number of benzene rings is 1. The predicted molar refractivity (Wildman–Crippen MR) is 109 cm³/mol. The first-order chi connectivity index (χ1) is 14.9. The first kappa shape index (κ1) is 22.8. The zero-order valence-corrected chi connectivity index (χ0v) is 17.8. The zero-order valence-electron chi connectivity index (χ0n) is 17.8. The maximum absolute atomic E-state index is 13.0. The lowest BCUT2D eigenvalue weighted by Gasteiger charge is -2.26. The highest BCUT2D eigenvalue weighted by atomic mass is 19.3. The van der Waals surface area contributed by atoms with Crippen molar-refractivity contribution >= 4 is 0 Å². The Labute approximate surface area is 181 Å². The number of likely N-dealkylation sites (tertiary alicyclic amines) is 2. The summed E-state index contributed by atoms with van der Waals surface area (Å²) in [4.78, 5) is 4.89. The van der Waals surface area contributed by atoms with Gasteiger partial charge < -0.3 is 14.4 Å². The summed E-state index contributed by atoms with van der Waals surface area (Å²) in [5, 5.41) is 0. The van der Waals surface area contributed by atoms with E-state index in [9.17, 15) is 17.6 Å². The van der Waals surface area contributed by atoms with Crippen LogP contribution in [0.5, 0.6) is 5.75 Å². The van der Waals surface area contributed by atoms with E-state index < -0.39 is 12.5 Å². The average Bonchev–Trinajstić information content (AvgIpc) is 3.20. The topological polar surface area (TPSA) is 24.9 Å². The van der Waals surface area contributed by atoms with Crippen molar-refractivity contribution in [3.63, 3.8) is 0 Å². The van der Waals surface area contributed by atoms with Gasteiger partial charge in [0.05, 0.1) is 6.61 Å². The van der Waals surface area contributed by atoms with Crippen LogP contribution in [0.1, 0.15) is 31.2 Å². The predicted octanol–water partition coefficient (Wildman–Crippen LogP) is 4.49. The number of fused-ring (bicyclic) bond motifs is 1. The van der Waals surface area contributed by atoms with Gasteiger partial charge in [0.1, 0.15) is 5.75 Å². The highest BCUT2D eigenvalue weighted by Crippen LogP contribution is 2.52. The second-order valence-corrected chi connectivity index (χ2v) is 9.12. The molecule has 0 radical (unpaired) electrons. The third kappa shape index (κ3) is 6.11. The van der Waals surface area contributed by atoms with Gasteiger partial charge in [0.2, 0.25) is 0 Å². The van der Waals surface area contributed by atoms with Crippen molar-refractivity contribution in [1.82, 2.24) is 9.80 Å². The first-order valence-electron chi connectivity index (χ1n) is 11.4. The molecule has 3 aliphatic rings. The monoisotopic (exact) mass is 444 g/mol. The molecule has 1 aromatic rings. The van der Waals surface area contributed by atoms with Gasteiger partial charge in [-0.25, -0.2) is 0 Å². The standard InChI is InChI=1S/C23H32F4N2O2/c24-22(25)23(26,27)31-18-7-5-17(6-8-18)13-29-14-19-20(15-29)21(19)16-30-12-4-11-28-9-2-1-3-10-28/h5-8,19-22H,1-4,9-16H2/t19-,20+,21-. The zero-order chi connectivity index (χ0) is 21.8. The summed E-state index contributed by atoms with van der Waals surface area (Å²) in [6, 6.07) is 5.96. The number of hydrogen-bond acceptors (Lipinski definition) is 4. The largest absolute Gasteiger partial charge is 0.461 e. The van der Waals surface area contributed by atoms with Gasteiger partial charge in [0.15, 0.2) is 0 Å². The van der Waals surface area contributed by atoms with E-state index in [1.54, 1.807) is 12.1 Å². The fourth-order valence-corrected chi connectivity index (χ4v) is 5.03. The molecule has 1 aromatic carbocycles. The fraction of sp³-hybridized carbons (Fsp3) is 0.739. The summed E-state index contributed by atoms with van der Waals surface area (Å²) >= 11 is 0. The molecule has 2 heterocycles. The van der Waals surface area contributed by atoms with E-state index in [0.29, 0.717) is 17.8 Å². The molecule has 4 rings (SSSR count). The average molecular weight is 445 g/mol. The summed E-state index contributed by atoms with van der Waals surface area (Å²) in [7, 11) is 0. The Morgan fingerprint density at radius 1 is 0.968 bits per heavy atom. The third-order valence-corrected chi connectivity index (χ3v) is 6.81. The van der Waals surface area contributed by atoms with Crippen molar-refractivity contribution in [3.05, 3.63) is 29.8 Å². The van der Waals surface area contributed by atoms with Crippen LogP contribution in [0.15, 0.2) is 24.3 Å². The molecule has 4 nitrogen and oxygen atoms in total. The minimum absolute atomic E-state index is 0.254. The fourth-order valence-electron chi connectivity index (χ4n) is 5.03. The quantitative estimate of drug-likeness (QED) is 0.371. The number of halogens is 4. The summed E-state index contributed by atoms with van der Waals surface area (Å²) in [5.41, 5.74) is 0.958. The van der Waals surface area contributed by atoms with Crippen molar-refractivity contribution in [2.24, 2.45) is 17.8 Å². The van der Waals surface area contributed by atoms with Crippen molar-refractivity contribution in [1.29, 1.82) is 0 Å². The van der Waals surface area contributed by atoms with Gasteiger partial charge in [-0.1, -0.05) is 18.6 Å². The van der Waals surface area contributed by atoms with Crippen LogP contribution in [0.25, 0.3) is 0 Å². The van der Waals surface area contributed by atoms with Crippen LogP contribution in [-0.2, 0) is 11.3 Å². The second-order valence-electron chi connectivity index (χ2n) is 9.12. The van der Waals surface area contributed by atoms with E-state index in [4.69, 9.17) is 4.74 Å². The molecule has 8 heteroatoms. The molecule has 0 unspecified atom stereocenters. The van der Waals surface area contributed by atoms with E-state index in [1.807, 2.05) is 0 Å². The molecule has 174 valence electrons. The summed E-state index contributed by atoms with van der Waals surface area (Å²) in [6.45, 7) is 8.09. The number of rotatable bonds is 11. The van der Waals surface area contributed by atoms with Crippen molar-refractivity contribution < 1.29 is 27.0 Å². The van der Waals surface area contributed by atoms with Crippen LogP contribution in [0.2, 0.25) is 0 Å². The van der Waals surface area contributed by atoms with Gasteiger partial charge in [0, 0.05) is 32.8 Å². The number of nitrogens with zero attached hydrogens (tertiary/aromatic N) is 2. The molecule has 0 aromatic heterocycles. The summed E-state index contributed by atoms with van der Waals surface area (Å²) in [5.74, 6) is 1.79. The molecule has 2 aliphatic heterocycles. The highest BCUT2D eigenvalue weighted by Gasteiger charge is 2.55. The van der Waals surface area contributed by atoms with Crippen molar-refractivity contribution in [2.75, 3.05) is 45.9 Å². The molecule has 0 bridgehead atoms. The molecule has 2 saturated heterocycles. The Hall–Kier alpha value is -1.38. The molecule has 31 heavy (non-hydrogen) atoms. The summed E-state index contributed by atoms with van der Waals surface area (Å²) in [6.07, 6.45) is -3.19. The number of alkyl halides is 4. The second kappa shape index (κ2) is 10.0. The minimum Gasteiger partial charge on any atom is -0.428 e. The third-order valence-electron chi connectivity index (χ3n) is 6.81. The lowest BCUT2D eigenvalue weighted by atomic mass is 10.1. The molecule has 3 atom stereocenters. The molecule has 0 N–H and O–H groups in total. The molecule has 3 fully saturated rings. The van der Waals surface area contributed by atoms with Gasteiger partial charge in [-0.05, 0) is 67.8 Å². The molecular formula is C23H32F4N2O2. The Kier molecular flexibility index (Phi) is 7.39. The van der Waals surface area contributed by atoms with Gasteiger partial charge in [-0.15, -0.1) is 0 Å². The minimum atomic E-state index is -4.47. The van der Waals surface area contributed by atoms with Crippen molar-refractivity contribution in [3.8, 4) is 5.75 Å². The Bertz CT molecular complexity index is 685. The van der Waals surface area contributed by atoms with E-state index >= 15 is 0 Å². The number of piperidine rings is 2. The van der Waals surface area contributed by atoms with Crippen LogP contribution in [0.3, 0.4) is 0 Å². The van der Waals surface area contributed by atoms with Crippen molar-refractivity contribution in [2.45, 2.75) is 44.8 Å². The molecule has 0 spiro atoms. The number of ether oxygens (including phenoxy) is 2. The Morgan fingerprint density at radius 2 is 1.65 bits per heavy atom. The van der Waals surface area contributed by atoms with E-state index in [-0.39, 0.29) is 5.75 Å². The molecule has 1 saturated carbocycles. The molecule has 0 amide bonds. The Balaban J connectivity index is 1.10. The highest BCUT2D eigenvalue weighted by molar-refractivity contribution is 5.28. The van der Waals surface area contributed by atoms with Crippen LogP contribution in [0, 0.1) is 17.8 Å².